The van der Waals surface area contributed by atoms with E-state index in [4.69, 9.17) is 14.0 Å². The number of rotatable bonds is 38. The van der Waals surface area contributed by atoms with Gasteiger partial charge in [0.1, 0.15) is 6.61 Å². The molecule has 0 radical (unpaired) electrons. The Morgan fingerprint density at radius 3 is 1.44 bits per heavy atom. The highest BCUT2D eigenvalue weighted by Crippen LogP contribution is 2.42. The van der Waals surface area contributed by atoms with Gasteiger partial charge in [0.05, 0.1) is 6.61 Å². The smallest absolute Gasteiger partial charge is 0.462 e. The number of allylic oxidation sites excluding steroid dienone is 4. The Bertz CT molecular complexity index is 875. The fourth-order valence-electron chi connectivity index (χ4n) is 5.75. The van der Waals surface area contributed by atoms with Crippen LogP contribution in [0.2, 0.25) is 0 Å². The van der Waals surface area contributed by atoms with Gasteiger partial charge in [-0.1, -0.05) is 167 Å². The van der Waals surface area contributed by atoms with Crippen LogP contribution in [0.4, 0.5) is 0 Å². The molecule has 0 aliphatic carbocycles. The van der Waals surface area contributed by atoms with Gasteiger partial charge in [-0.15, -0.1) is 0 Å². The van der Waals surface area contributed by atoms with Gasteiger partial charge in [-0.05, 0) is 44.9 Å². The molecule has 0 saturated heterocycles. The lowest BCUT2D eigenvalue weighted by Gasteiger charge is -2.19. The van der Waals surface area contributed by atoms with Gasteiger partial charge in [0, 0.05) is 20.0 Å². The summed E-state index contributed by atoms with van der Waals surface area (Å²) in [6.07, 6.45) is 40.8. The van der Waals surface area contributed by atoms with E-state index in [2.05, 4.69) is 42.7 Å². The second kappa shape index (κ2) is 37.3. The van der Waals surface area contributed by atoms with Crippen molar-refractivity contribution in [1.29, 1.82) is 0 Å². The van der Waals surface area contributed by atoms with Crippen molar-refractivity contribution >= 4 is 19.8 Å². The number of hydrogen-bond donors (Lipinski definition) is 1. The second-order valence-corrected chi connectivity index (χ2v) is 15.3. The molecule has 0 aromatic heterocycles. The van der Waals surface area contributed by atoms with Gasteiger partial charge in [-0.2, -0.15) is 0 Å². The topological polar surface area (TPSA) is 108 Å². The first-order chi connectivity index (χ1) is 24.3. The van der Waals surface area contributed by atoms with Crippen molar-refractivity contribution in [2.45, 2.75) is 206 Å². The summed E-state index contributed by atoms with van der Waals surface area (Å²) in [6, 6.07) is 0. The van der Waals surface area contributed by atoms with E-state index in [0.29, 0.717) is 12.8 Å². The Morgan fingerprint density at radius 2 is 0.960 bits per heavy atom. The molecule has 0 bridgehead atoms. The molecule has 0 spiro atoms. The van der Waals surface area contributed by atoms with Gasteiger partial charge in [-0.3, -0.25) is 18.6 Å². The van der Waals surface area contributed by atoms with E-state index >= 15 is 0 Å². The van der Waals surface area contributed by atoms with Crippen molar-refractivity contribution < 1.29 is 37.6 Å². The van der Waals surface area contributed by atoms with E-state index < -0.39 is 26.5 Å². The van der Waals surface area contributed by atoms with Crippen molar-refractivity contribution in [1.82, 2.24) is 0 Å². The van der Waals surface area contributed by atoms with E-state index in [9.17, 15) is 19.0 Å². The number of unbranched alkanes of at least 4 members (excludes halogenated alkanes) is 23. The van der Waals surface area contributed by atoms with Gasteiger partial charge in [0.25, 0.3) is 0 Å². The molecule has 0 aliphatic heterocycles. The maximum atomic E-state index is 12.5. The van der Waals surface area contributed by atoms with E-state index in [0.717, 1.165) is 64.9 Å². The molecule has 50 heavy (non-hydrogen) atoms. The lowest BCUT2D eigenvalue weighted by atomic mass is 10.0. The Morgan fingerprint density at radius 1 is 0.560 bits per heavy atom. The van der Waals surface area contributed by atoms with Crippen LogP contribution in [-0.2, 0) is 32.7 Å². The lowest BCUT2D eigenvalue weighted by molar-refractivity contribution is -0.161. The molecule has 2 unspecified atom stereocenters. The predicted molar refractivity (Wildman–Crippen MR) is 207 cm³/mol. The molecule has 0 aromatic carbocycles. The summed E-state index contributed by atoms with van der Waals surface area (Å²) in [4.78, 5) is 34.4. The number of carbonyl (C=O) groups excluding carboxylic acids is 2. The van der Waals surface area contributed by atoms with E-state index in [1.807, 2.05) is 0 Å². The summed E-state index contributed by atoms with van der Waals surface area (Å²) in [5.74, 6) is -0.813. The maximum Gasteiger partial charge on any atom is 0.472 e. The Labute approximate surface area is 307 Å². The molecule has 1 N–H and O–H groups in total. The number of carbonyl (C=O) groups is 2. The Kier molecular flexibility index (Phi) is 36.2. The maximum absolute atomic E-state index is 12.5. The normalized spacial score (nSPS) is 13.6. The van der Waals surface area contributed by atoms with Gasteiger partial charge in [0.2, 0.25) is 0 Å². The van der Waals surface area contributed by atoms with Crippen LogP contribution >= 0.6 is 7.82 Å². The van der Waals surface area contributed by atoms with Crippen LogP contribution < -0.4 is 0 Å². The lowest BCUT2D eigenvalue weighted by Crippen LogP contribution is -2.29. The standard InChI is InChI=1S/C41H77O8P/c1-4-6-8-10-12-14-16-18-20-22-23-25-27-29-31-33-35-40(42)47-37-39(38-48-50(44,45)46-3)49-41(43)36-34-32-30-28-26-24-21-19-17-15-13-11-9-7-5-2/h13,15,19,21,39H,4-12,14,16-18,20,22-38H2,1-3H3,(H,44,45)/b15-13-,21-19-. The minimum atomic E-state index is -4.26. The van der Waals surface area contributed by atoms with E-state index in [1.165, 1.54) is 109 Å². The number of hydrogen-bond acceptors (Lipinski definition) is 7. The molecule has 294 valence electrons. The minimum Gasteiger partial charge on any atom is -0.462 e. The van der Waals surface area contributed by atoms with Crippen molar-refractivity contribution in [3.63, 3.8) is 0 Å². The highest BCUT2D eigenvalue weighted by Gasteiger charge is 2.24. The quantitative estimate of drug-likeness (QED) is 0.0290. The third-order valence-corrected chi connectivity index (χ3v) is 9.89. The minimum absolute atomic E-state index is 0.227. The summed E-state index contributed by atoms with van der Waals surface area (Å²) in [7, 11) is -3.20. The highest BCUT2D eigenvalue weighted by molar-refractivity contribution is 7.47. The van der Waals surface area contributed by atoms with Crippen LogP contribution in [0.5, 0.6) is 0 Å². The molecule has 0 aromatic rings. The highest BCUT2D eigenvalue weighted by atomic mass is 31.2. The van der Waals surface area contributed by atoms with Crippen LogP contribution in [0.25, 0.3) is 0 Å². The molecular weight excluding hydrogens is 651 g/mol. The Balaban J connectivity index is 4.02. The zero-order chi connectivity index (χ0) is 36.8. The number of esters is 2. The van der Waals surface area contributed by atoms with E-state index in [1.54, 1.807) is 0 Å². The number of phosphoric ester groups is 1. The molecular formula is C41H77O8P. The monoisotopic (exact) mass is 729 g/mol. The zero-order valence-corrected chi connectivity index (χ0v) is 33.5. The SMILES string of the molecule is CCCCC/C=C\C/C=C\CCCCCCCC(=O)OC(COC(=O)CCCCCCCCCCCCCCCCCC)COP(=O)(O)OC. The third kappa shape index (κ3) is 36.3. The molecule has 9 heteroatoms. The molecule has 0 rings (SSSR count). The van der Waals surface area contributed by atoms with Crippen molar-refractivity contribution in [3.8, 4) is 0 Å². The van der Waals surface area contributed by atoms with Crippen LogP contribution in [0, 0.1) is 0 Å². The van der Waals surface area contributed by atoms with Gasteiger partial charge >= 0.3 is 19.8 Å². The van der Waals surface area contributed by atoms with E-state index in [-0.39, 0.29) is 19.0 Å². The molecule has 0 heterocycles. The number of phosphoric acid groups is 1. The fraction of sp³-hybridized carbons (Fsp3) is 0.854. The van der Waals surface area contributed by atoms with Crippen LogP contribution in [0.3, 0.4) is 0 Å². The van der Waals surface area contributed by atoms with Crippen LogP contribution in [-0.4, -0.2) is 43.3 Å². The molecule has 0 amide bonds. The second-order valence-electron chi connectivity index (χ2n) is 13.8. The van der Waals surface area contributed by atoms with Gasteiger partial charge < -0.3 is 14.4 Å². The first-order valence-electron chi connectivity index (χ1n) is 20.5. The zero-order valence-electron chi connectivity index (χ0n) is 32.6. The van der Waals surface area contributed by atoms with Crippen molar-refractivity contribution in [3.05, 3.63) is 24.3 Å². The van der Waals surface area contributed by atoms with Crippen molar-refractivity contribution in [2.24, 2.45) is 0 Å². The molecule has 8 nitrogen and oxygen atoms in total. The largest absolute Gasteiger partial charge is 0.472 e. The molecule has 0 fully saturated rings. The summed E-state index contributed by atoms with van der Waals surface area (Å²) >= 11 is 0. The number of ether oxygens (including phenoxy) is 2. The first-order valence-corrected chi connectivity index (χ1v) is 22.0. The summed E-state index contributed by atoms with van der Waals surface area (Å²) in [5.41, 5.74) is 0. The van der Waals surface area contributed by atoms with Crippen LogP contribution in [0.1, 0.15) is 200 Å². The first kappa shape index (κ1) is 48.5. The fourth-order valence-corrected chi connectivity index (χ4v) is 6.21. The van der Waals surface area contributed by atoms with Crippen LogP contribution in [0.15, 0.2) is 24.3 Å². The average molecular weight is 729 g/mol. The Hall–Kier alpha value is -1.47. The predicted octanol–water partition coefficient (Wildman–Crippen LogP) is 12.7. The molecule has 2 atom stereocenters. The summed E-state index contributed by atoms with van der Waals surface area (Å²) < 4.78 is 31.9. The molecule has 0 aliphatic rings. The third-order valence-electron chi connectivity index (χ3n) is 8.95. The average Bonchev–Trinajstić information content (AvgIpc) is 3.10. The summed E-state index contributed by atoms with van der Waals surface area (Å²) in [5, 5.41) is 0. The molecule has 0 saturated carbocycles. The van der Waals surface area contributed by atoms with Crippen molar-refractivity contribution in [2.75, 3.05) is 20.3 Å². The van der Waals surface area contributed by atoms with Gasteiger partial charge in [-0.25, -0.2) is 4.57 Å². The van der Waals surface area contributed by atoms with Gasteiger partial charge in [0.15, 0.2) is 6.10 Å². The summed E-state index contributed by atoms with van der Waals surface area (Å²) in [6.45, 7) is 3.86.